The van der Waals surface area contributed by atoms with Gasteiger partial charge in [0.2, 0.25) is 0 Å². The van der Waals surface area contributed by atoms with Crippen LogP contribution in [0, 0.1) is 23.3 Å². The summed E-state index contributed by atoms with van der Waals surface area (Å²) >= 11 is 0. The van der Waals surface area contributed by atoms with Crippen molar-refractivity contribution in [2.45, 2.75) is 0 Å². The Bertz CT molecular complexity index is 1350. The van der Waals surface area contributed by atoms with E-state index in [0.717, 1.165) is 12.1 Å². The number of nitrogens with one attached hydrogen (secondary N) is 1. The van der Waals surface area contributed by atoms with E-state index in [1.54, 1.807) is 18.3 Å². The number of anilines is 1. The number of amides is 1. The number of aromatic nitrogens is 1. The Morgan fingerprint density at radius 1 is 0.806 bits per heavy atom. The second kappa shape index (κ2) is 7.98. The summed E-state index contributed by atoms with van der Waals surface area (Å²) in [7, 11) is 0. The van der Waals surface area contributed by atoms with E-state index in [1.165, 1.54) is 30.3 Å². The second-order valence-corrected chi connectivity index (χ2v) is 6.61. The Kier molecular flexibility index (Phi) is 5.21. The smallest absolute Gasteiger partial charge is 0.255 e. The van der Waals surface area contributed by atoms with Crippen molar-refractivity contribution >= 4 is 28.3 Å². The highest BCUT2D eigenvalue weighted by atomic mass is 19.2. The highest BCUT2D eigenvalue weighted by Gasteiger charge is 2.26. The van der Waals surface area contributed by atoms with Crippen LogP contribution in [0.15, 0.2) is 66.9 Å². The lowest BCUT2D eigenvalue weighted by Crippen LogP contribution is -2.17. The van der Waals surface area contributed by atoms with Crippen molar-refractivity contribution in [3.05, 3.63) is 107 Å². The highest BCUT2D eigenvalue weighted by molar-refractivity contribution is 6.12. The maximum absolute atomic E-state index is 15.0. The van der Waals surface area contributed by atoms with Gasteiger partial charge in [-0.1, -0.05) is 12.1 Å². The molecule has 0 radical (unpaired) electrons. The van der Waals surface area contributed by atoms with Crippen LogP contribution in [-0.4, -0.2) is 16.7 Å². The predicted molar refractivity (Wildman–Crippen MR) is 106 cm³/mol. The number of benzene rings is 3. The fraction of sp³-hybridized carbons (Fsp3) is 0. The minimum atomic E-state index is -1.68. The second-order valence-electron chi connectivity index (χ2n) is 6.61. The fourth-order valence-electron chi connectivity index (χ4n) is 3.08. The van der Waals surface area contributed by atoms with E-state index in [9.17, 15) is 27.2 Å². The molecule has 8 heteroatoms. The third kappa shape index (κ3) is 3.87. The van der Waals surface area contributed by atoms with Gasteiger partial charge in [-0.15, -0.1) is 0 Å². The van der Waals surface area contributed by atoms with Gasteiger partial charge in [-0.2, -0.15) is 0 Å². The average molecular weight is 424 g/mol. The van der Waals surface area contributed by atoms with E-state index in [0.29, 0.717) is 17.0 Å². The molecule has 0 unspecified atom stereocenters. The number of fused-ring (bicyclic) bond motifs is 1. The predicted octanol–water partition coefficient (Wildman–Crippen LogP) is 5.27. The Hall–Kier alpha value is -4.07. The summed E-state index contributed by atoms with van der Waals surface area (Å²) in [6.45, 7) is 0. The maximum Gasteiger partial charge on any atom is 0.255 e. The fourth-order valence-corrected chi connectivity index (χ4v) is 3.08. The van der Waals surface area contributed by atoms with Crippen molar-refractivity contribution in [1.82, 2.24) is 4.98 Å². The Labute approximate surface area is 173 Å². The van der Waals surface area contributed by atoms with Gasteiger partial charge in [0.15, 0.2) is 23.2 Å². The molecule has 0 aliphatic carbocycles. The molecule has 4 nitrogen and oxygen atoms in total. The molecule has 0 bridgehead atoms. The van der Waals surface area contributed by atoms with Crippen molar-refractivity contribution < 1.29 is 27.2 Å². The molecule has 0 aliphatic rings. The van der Waals surface area contributed by atoms with Crippen molar-refractivity contribution in [3.63, 3.8) is 0 Å². The number of carbonyl (C=O) groups excluding carboxylic acids is 2. The van der Waals surface area contributed by atoms with Crippen molar-refractivity contribution in [2.24, 2.45) is 0 Å². The lowest BCUT2D eigenvalue weighted by atomic mass is 9.99. The molecule has 3 aromatic carbocycles. The maximum atomic E-state index is 15.0. The summed E-state index contributed by atoms with van der Waals surface area (Å²) in [6, 6.07) is 12.4. The first-order valence-corrected chi connectivity index (χ1v) is 8.99. The molecule has 154 valence electrons. The number of pyridine rings is 1. The van der Waals surface area contributed by atoms with Crippen molar-refractivity contribution in [2.75, 3.05) is 5.32 Å². The topological polar surface area (TPSA) is 59.1 Å². The van der Waals surface area contributed by atoms with Crippen molar-refractivity contribution in [1.29, 1.82) is 0 Å². The zero-order valence-electron chi connectivity index (χ0n) is 15.6. The molecule has 0 saturated carbocycles. The van der Waals surface area contributed by atoms with Crippen LogP contribution in [0.25, 0.3) is 10.9 Å². The Morgan fingerprint density at radius 2 is 1.61 bits per heavy atom. The van der Waals surface area contributed by atoms with E-state index in [1.807, 2.05) is 5.32 Å². The van der Waals surface area contributed by atoms with Crippen LogP contribution in [0.5, 0.6) is 0 Å². The summed E-state index contributed by atoms with van der Waals surface area (Å²) in [5.74, 6) is -7.43. The molecule has 31 heavy (non-hydrogen) atoms. The summed E-state index contributed by atoms with van der Waals surface area (Å²) < 4.78 is 56.9. The normalized spacial score (nSPS) is 10.8. The summed E-state index contributed by atoms with van der Waals surface area (Å²) in [4.78, 5) is 29.2. The van der Waals surface area contributed by atoms with Gasteiger partial charge >= 0.3 is 0 Å². The number of halogens is 4. The number of rotatable bonds is 4. The largest absolute Gasteiger partial charge is 0.319 e. The first-order chi connectivity index (χ1) is 14.8. The molecule has 4 rings (SSSR count). The van der Waals surface area contributed by atoms with E-state index in [4.69, 9.17) is 0 Å². The SMILES string of the molecule is O=C(Nc1cc(F)c(F)c(C(=O)c2ccc3ncccc3c2)c1F)c1cccc(F)c1. The summed E-state index contributed by atoms with van der Waals surface area (Å²) in [5.41, 5.74) is -1.61. The van der Waals surface area contributed by atoms with E-state index >= 15 is 0 Å². The number of hydrogen-bond acceptors (Lipinski definition) is 3. The van der Waals surface area contributed by atoms with Crippen LogP contribution in [0.1, 0.15) is 26.3 Å². The average Bonchev–Trinajstić information content (AvgIpc) is 2.77. The van der Waals surface area contributed by atoms with Crippen LogP contribution in [0.2, 0.25) is 0 Å². The van der Waals surface area contributed by atoms with Crippen LogP contribution in [0.4, 0.5) is 23.2 Å². The minimum Gasteiger partial charge on any atom is -0.319 e. The number of hydrogen-bond donors (Lipinski definition) is 1. The van der Waals surface area contributed by atoms with Gasteiger partial charge in [0.25, 0.3) is 5.91 Å². The molecule has 0 fully saturated rings. The van der Waals surface area contributed by atoms with E-state index < -0.39 is 46.2 Å². The standard InChI is InChI=1S/C23H12F4N2O2/c24-15-5-1-3-14(10-15)23(31)29-18-11-16(25)20(26)19(21(18)27)22(30)13-6-7-17-12(9-13)4-2-8-28-17/h1-11H,(H,29,31). The molecular formula is C23H12F4N2O2. The van der Waals surface area contributed by atoms with Crippen LogP contribution >= 0.6 is 0 Å². The quantitative estimate of drug-likeness (QED) is 0.276. The molecule has 0 atom stereocenters. The molecule has 1 amide bonds. The summed E-state index contributed by atoms with van der Waals surface area (Å²) in [6.07, 6.45) is 1.54. The molecule has 0 saturated heterocycles. The van der Waals surface area contributed by atoms with Gasteiger partial charge in [0, 0.05) is 28.8 Å². The van der Waals surface area contributed by atoms with Gasteiger partial charge in [-0.3, -0.25) is 14.6 Å². The molecule has 1 aromatic heterocycles. The third-order valence-corrected chi connectivity index (χ3v) is 4.58. The van der Waals surface area contributed by atoms with Gasteiger partial charge in [-0.25, -0.2) is 17.6 Å². The highest BCUT2D eigenvalue weighted by Crippen LogP contribution is 2.28. The minimum absolute atomic E-state index is 0.0914. The molecule has 0 spiro atoms. The molecule has 1 heterocycles. The molecule has 4 aromatic rings. The van der Waals surface area contributed by atoms with Crippen LogP contribution in [0.3, 0.4) is 0 Å². The monoisotopic (exact) mass is 424 g/mol. The van der Waals surface area contributed by atoms with Crippen LogP contribution in [-0.2, 0) is 0 Å². The van der Waals surface area contributed by atoms with E-state index in [-0.39, 0.29) is 11.1 Å². The zero-order valence-corrected chi connectivity index (χ0v) is 15.6. The molecule has 0 aliphatic heterocycles. The van der Waals surface area contributed by atoms with Gasteiger partial charge in [0.1, 0.15) is 5.82 Å². The number of nitrogens with zero attached hydrogens (tertiary/aromatic N) is 1. The number of carbonyl (C=O) groups is 2. The van der Waals surface area contributed by atoms with Gasteiger partial charge in [0.05, 0.1) is 16.8 Å². The Balaban J connectivity index is 1.74. The first kappa shape index (κ1) is 20.2. The van der Waals surface area contributed by atoms with Crippen molar-refractivity contribution in [3.8, 4) is 0 Å². The lowest BCUT2D eigenvalue weighted by Gasteiger charge is -2.12. The Morgan fingerprint density at radius 3 is 2.39 bits per heavy atom. The number of ketones is 1. The van der Waals surface area contributed by atoms with Gasteiger partial charge in [-0.05, 0) is 42.5 Å². The molecule has 1 N–H and O–H groups in total. The summed E-state index contributed by atoms with van der Waals surface area (Å²) in [5, 5.41) is 2.60. The van der Waals surface area contributed by atoms with Crippen LogP contribution < -0.4 is 5.32 Å². The first-order valence-electron chi connectivity index (χ1n) is 8.99. The van der Waals surface area contributed by atoms with Gasteiger partial charge < -0.3 is 5.32 Å². The lowest BCUT2D eigenvalue weighted by molar-refractivity contribution is 0.101. The van der Waals surface area contributed by atoms with E-state index in [2.05, 4.69) is 4.98 Å². The zero-order chi connectivity index (χ0) is 22.1. The molecular weight excluding hydrogens is 412 g/mol. The third-order valence-electron chi connectivity index (χ3n) is 4.58.